The van der Waals surface area contributed by atoms with Crippen LogP contribution in [0.25, 0.3) is 11.1 Å². The maximum atomic E-state index is 6.23. The molecule has 2 N–H and O–H groups in total. The van der Waals surface area contributed by atoms with Crippen molar-refractivity contribution >= 4 is 5.82 Å². The Morgan fingerprint density at radius 1 is 1.29 bits per heavy atom. The summed E-state index contributed by atoms with van der Waals surface area (Å²) in [5.41, 5.74) is 9.30. The van der Waals surface area contributed by atoms with Crippen LogP contribution in [0.4, 0.5) is 5.82 Å². The summed E-state index contributed by atoms with van der Waals surface area (Å²) in [7, 11) is 1.88. The second kappa shape index (κ2) is 5.31. The van der Waals surface area contributed by atoms with E-state index in [1.165, 1.54) is 0 Å². The molecule has 1 aliphatic heterocycles. The van der Waals surface area contributed by atoms with Gasteiger partial charge in [-0.05, 0) is 24.1 Å². The minimum Gasteiger partial charge on any atom is -0.486 e. The number of nitrogens with two attached hydrogens (primary N) is 1. The van der Waals surface area contributed by atoms with Crippen molar-refractivity contribution in [1.29, 1.82) is 0 Å². The highest BCUT2D eigenvalue weighted by atomic mass is 16.6. The highest BCUT2D eigenvalue weighted by Gasteiger charge is 2.21. The van der Waals surface area contributed by atoms with E-state index in [9.17, 15) is 0 Å². The Kier molecular flexibility index (Phi) is 3.49. The average Bonchev–Trinajstić information content (AvgIpc) is 2.81. The maximum Gasteiger partial charge on any atom is 0.161 e. The number of nitrogens with zero attached hydrogens (tertiary/aromatic N) is 2. The predicted molar refractivity (Wildman–Crippen MR) is 82.8 cm³/mol. The smallest absolute Gasteiger partial charge is 0.161 e. The number of hydrogen-bond acceptors (Lipinski definition) is 4. The standard InChI is InChI=1S/C16H21N3O2/c1-4-10(2)15-14(16(17)19(3)18-15)11-5-6-12-13(9-11)21-8-7-20-12/h5-6,9-10H,4,7-8,17H2,1-3H3. The van der Waals surface area contributed by atoms with Gasteiger partial charge in [0.05, 0.1) is 5.69 Å². The lowest BCUT2D eigenvalue weighted by Gasteiger charge is -2.19. The first kappa shape index (κ1) is 13.8. The van der Waals surface area contributed by atoms with Crippen LogP contribution in [0.5, 0.6) is 11.5 Å². The third-order valence-corrected chi connectivity index (χ3v) is 4.03. The summed E-state index contributed by atoms with van der Waals surface area (Å²) < 4.78 is 13.0. The van der Waals surface area contributed by atoms with Gasteiger partial charge in [-0.1, -0.05) is 19.9 Å². The van der Waals surface area contributed by atoms with Crippen LogP contribution < -0.4 is 15.2 Å². The van der Waals surface area contributed by atoms with E-state index in [0.29, 0.717) is 24.9 Å². The fourth-order valence-electron chi connectivity index (χ4n) is 2.59. The number of aromatic nitrogens is 2. The molecule has 0 spiro atoms. The average molecular weight is 287 g/mol. The highest BCUT2D eigenvalue weighted by molar-refractivity contribution is 5.78. The molecule has 3 rings (SSSR count). The molecule has 1 aromatic carbocycles. The van der Waals surface area contributed by atoms with Crippen LogP contribution in [-0.2, 0) is 7.05 Å². The summed E-state index contributed by atoms with van der Waals surface area (Å²) in [5.74, 6) is 2.60. The van der Waals surface area contributed by atoms with Gasteiger partial charge in [0.25, 0.3) is 0 Å². The summed E-state index contributed by atoms with van der Waals surface area (Å²) in [5, 5.41) is 4.59. The Balaban J connectivity index is 2.11. The number of nitrogen functional groups attached to an aromatic ring is 1. The van der Waals surface area contributed by atoms with Crippen molar-refractivity contribution in [2.24, 2.45) is 7.05 Å². The SMILES string of the molecule is CCC(C)c1nn(C)c(N)c1-c1ccc2c(c1)OCCO2. The highest BCUT2D eigenvalue weighted by Crippen LogP contribution is 2.39. The van der Waals surface area contributed by atoms with Gasteiger partial charge >= 0.3 is 0 Å². The van der Waals surface area contributed by atoms with Crippen LogP contribution >= 0.6 is 0 Å². The van der Waals surface area contributed by atoms with Crippen molar-refractivity contribution in [3.8, 4) is 22.6 Å². The number of benzene rings is 1. The summed E-state index contributed by atoms with van der Waals surface area (Å²) in [4.78, 5) is 0. The zero-order chi connectivity index (χ0) is 15.0. The van der Waals surface area contributed by atoms with Crippen LogP contribution in [0.15, 0.2) is 18.2 Å². The molecule has 0 amide bonds. The normalized spacial score (nSPS) is 15.0. The third kappa shape index (κ3) is 2.33. The molecule has 1 atom stereocenters. The van der Waals surface area contributed by atoms with Gasteiger partial charge in [-0.3, -0.25) is 4.68 Å². The summed E-state index contributed by atoms with van der Waals surface area (Å²) in [6.45, 7) is 5.50. The molecule has 0 radical (unpaired) electrons. The lowest BCUT2D eigenvalue weighted by molar-refractivity contribution is 0.171. The zero-order valence-corrected chi connectivity index (χ0v) is 12.7. The molecule has 1 aromatic heterocycles. The molecule has 1 unspecified atom stereocenters. The van der Waals surface area contributed by atoms with Crippen molar-refractivity contribution in [1.82, 2.24) is 9.78 Å². The van der Waals surface area contributed by atoms with Crippen LogP contribution in [0.2, 0.25) is 0 Å². The molecular formula is C16H21N3O2. The third-order valence-electron chi connectivity index (χ3n) is 4.03. The second-order valence-corrected chi connectivity index (χ2v) is 5.44. The molecular weight excluding hydrogens is 266 g/mol. The number of ether oxygens (including phenoxy) is 2. The Hall–Kier alpha value is -2.17. The van der Waals surface area contributed by atoms with E-state index in [1.807, 2.05) is 25.2 Å². The first-order valence-corrected chi connectivity index (χ1v) is 7.34. The zero-order valence-electron chi connectivity index (χ0n) is 12.7. The molecule has 0 fully saturated rings. The Labute approximate surface area is 124 Å². The Morgan fingerprint density at radius 3 is 2.71 bits per heavy atom. The van der Waals surface area contributed by atoms with Gasteiger partial charge in [0.15, 0.2) is 11.5 Å². The fraction of sp³-hybridized carbons (Fsp3) is 0.438. The lowest BCUT2D eigenvalue weighted by Crippen LogP contribution is -2.15. The van der Waals surface area contributed by atoms with E-state index in [0.717, 1.165) is 34.7 Å². The van der Waals surface area contributed by atoms with E-state index in [1.54, 1.807) is 4.68 Å². The molecule has 0 bridgehead atoms. The monoisotopic (exact) mass is 287 g/mol. The van der Waals surface area contributed by atoms with Crippen molar-refractivity contribution in [3.05, 3.63) is 23.9 Å². The van der Waals surface area contributed by atoms with E-state index in [-0.39, 0.29) is 0 Å². The lowest BCUT2D eigenvalue weighted by atomic mass is 9.96. The van der Waals surface area contributed by atoms with Crippen LogP contribution in [0, 0.1) is 0 Å². The predicted octanol–water partition coefficient (Wildman–Crippen LogP) is 2.95. The van der Waals surface area contributed by atoms with Crippen molar-refractivity contribution in [3.63, 3.8) is 0 Å². The van der Waals surface area contributed by atoms with Gasteiger partial charge in [-0.2, -0.15) is 5.10 Å². The van der Waals surface area contributed by atoms with Gasteiger partial charge in [0, 0.05) is 18.5 Å². The van der Waals surface area contributed by atoms with Crippen molar-refractivity contribution < 1.29 is 9.47 Å². The minimum atomic E-state index is 0.358. The topological polar surface area (TPSA) is 62.3 Å². The van der Waals surface area contributed by atoms with E-state index in [2.05, 4.69) is 18.9 Å². The summed E-state index contributed by atoms with van der Waals surface area (Å²) in [6.07, 6.45) is 1.02. The summed E-state index contributed by atoms with van der Waals surface area (Å²) in [6, 6.07) is 5.96. The molecule has 0 saturated heterocycles. The molecule has 0 saturated carbocycles. The minimum absolute atomic E-state index is 0.358. The molecule has 1 aliphatic rings. The molecule has 2 heterocycles. The first-order chi connectivity index (χ1) is 10.1. The molecule has 21 heavy (non-hydrogen) atoms. The summed E-state index contributed by atoms with van der Waals surface area (Å²) >= 11 is 0. The van der Waals surface area contributed by atoms with Gasteiger partial charge in [-0.25, -0.2) is 0 Å². The fourth-order valence-corrected chi connectivity index (χ4v) is 2.59. The van der Waals surface area contributed by atoms with Gasteiger partial charge in [0.2, 0.25) is 0 Å². The van der Waals surface area contributed by atoms with Crippen molar-refractivity contribution in [2.45, 2.75) is 26.2 Å². The largest absolute Gasteiger partial charge is 0.486 e. The molecule has 2 aromatic rings. The van der Waals surface area contributed by atoms with Gasteiger partial charge < -0.3 is 15.2 Å². The van der Waals surface area contributed by atoms with E-state index < -0.39 is 0 Å². The van der Waals surface area contributed by atoms with Crippen LogP contribution in [0.3, 0.4) is 0 Å². The number of anilines is 1. The van der Waals surface area contributed by atoms with Gasteiger partial charge in [-0.15, -0.1) is 0 Å². The Morgan fingerprint density at radius 2 is 2.00 bits per heavy atom. The molecule has 112 valence electrons. The quantitative estimate of drug-likeness (QED) is 0.942. The number of rotatable bonds is 3. The first-order valence-electron chi connectivity index (χ1n) is 7.34. The van der Waals surface area contributed by atoms with Crippen LogP contribution in [-0.4, -0.2) is 23.0 Å². The second-order valence-electron chi connectivity index (χ2n) is 5.44. The molecule has 5 heteroatoms. The Bertz CT molecular complexity index is 664. The number of aryl methyl sites for hydroxylation is 1. The van der Waals surface area contributed by atoms with Crippen molar-refractivity contribution in [2.75, 3.05) is 18.9 Å². The van der Waals surface area contributed by atoms with Gasteiger partial charge in [0.1, 0.15) is 19.0 Å². The molecule has 0 aliphatic carbocycles. The van der Waals surface area contributed by atoms with E-state index >= 15 is 0 Å². The number of hydrogen-bond donors (Lipinski definition) is 1. The number of fused-ring (bicyclic) bond motifs is 1. The maximum absolute atomic E-state index is 6.23. The molecule has 5 nitrogen and oxygen atoms in total. The van der Waals surface area contributed by atoms with E-state index in [4.69, 9.17) is 15.2 Å². The van der Waals surface area contributed by atoms with Crippen LogP contribution in [0.1, 0.15) is 31.9 Å².